The number of thiazole rings is 1. The summed E-state index contributed by atoms with van der Waals surface area (Å²) in [7, 11) is 1.39. The Kier molecular flexibility index (Phi) is 5.93. The highest BCUT2D eigenvalue weighted by Gasteiger charge is 2.37. The molecule has 1 aromatic heterocycles. The quantitative estimate of drug-likeness (QED) is 0.565. The van der Waals surface area contributed by atoms with E-state index in [1.54, 1.807) is 16.2 Å². The normalized spacial score (nSPS) is 21.3. The smallest absolute Gasteiger partial charge is 0.328 e. The van der Waals surface area contributed by atoms with Gasteiger partial charge in [-0.25, -0.2) is 9.78 Å². The summed E-state index contributed by atoms with van der Waals surface area (Å²) in [4.78, 5) is 34.9. The molecule has 7 heteroatoms. The maximum absolute atomic E-state index is 13.5. The number of nitrogens with zero attached hydrogens (tertiary/aromatic N) is 3. The molecule has 0 spiro atoms. The Morgan fingerprint density at radius 1 is 1.09 bits per heavy atom. The van der Waals surface area contributed by atoms with Gasteiger partial charge < -0.3 is 9.64 Å². The second kappa shape index (κ2) is 9.00. The number of amides is 1. The number of carbonyl (C=O) groups is 2. The van der Waals surface area contributed by atoms with E-state index in [0.717, 1.165) is 47.5 Å². The first kappa shape index (κ1) is 21.1. The third-order valence-electron chi connectivity index (χ3n) is 6.59. The fourth-order valence-electron chi connectivity index (χ4n) is 4.89. The topological polar surface area (TPSA) is 62.7 Å². The van der Waals surface area contributed by atoms with Gasteiger partial charge in [-0.15, -0.1) is 11.3 Å². The fraction of sp³-hybridized carbons (Fsp3) is 0.400. The van der Waals surface area contributed by atoms with Crippen molar-refractivity contribution in [3.63, 3.8) is 0 Å². The Hall–Kier alpha value is -2.77. The average Bonchev–Trinajstić information content (AvgIpc) is 3.27. The van der Waals surface area contributed by atoms with Gasteiger partial charge in [0.2, 0.25) is 5.91 Å². The van der Waals surface area contributed by atoms with Crippen LogP contribution in [0.25, 0.3) is 10.2 Å². The highest BCUT2D eigenvalue weighted by molar-refractivity contribution is 7.18. The van der Waals surface area contributed by atoms with Crippen LogP contribution in [0.2, 0.25) is 0 Å². The second-order valence-corrected chi connectivity index (χ2v) is 9.60. The van der Waals surface area contributed by atoms with E-state index in [4.69, 9.17) is 9.72 Å². The maximum Gasteiger partial charge on any atom is 0.328 e. The predicted octanol–water partition coefficient (Wildman–Crippen LogP) is 3.95. The molecule has 0 bridgehead atoms. The van der Waals surface area contributed by atoms with Crippen LogP contribution in [0, 0.1) is 0 Å². The molecule has 32 heavy (non-hydrogen) atoms. The van der Waals surface area contributed by atoms with E-state index < -0.39 is 6.04 Å². The lowest BCUT2D eigenvalue weighted by Crippen LogP contribution is -2.52. The number of aromatic nitrogens is 1. The molecule has 1 amide bonds. The van der Waals surface area contributed by atoms with Crippen molar-refractivity contribution in [3.05, 3.63) is 64.7 Å². The summed E-state index contributed by atoms with van der Waals surface area (Å²) >= 11 is 1.72. The third-order valence-corrected chi connectivity index (χ3v) is 7.73. The summed E-state index contributed by atoms with van der Waals surface area (Å²) in [5, 5.41) is 1.08. The average molecular weight is 450 g/mol. The van der Waals surface area contributed by atoms with Gasteiger partial charge in [0.1, 0.15) is 11.0 Å². The number of piperidine rings is 1. The number of para-hydroxylation sites is 1. The molecule has 0 saturated carbocycles. The minimum atomic E-state index is -0.576. The van der Waals surface area contributed by atoms with Crippen molar-refractivity contribution in [1.29, 1.82) is 0 Å². The molecule has 6 nitrogen and oxygen atoms in total. The number of carbonyl (C=O) groups excluding carboxylic acids is 2. The van der Waals surface area contributed by atoms with Gasteiger partial charge in [0, 0.05) is 13.0 Å². The van der Waals surface area contributed by atoms with Gasteiger partial charge in [-0.3, -0.25) is 9.69 Å². The number of benzene rings is 2. The lowest BCUT2D eigenvalue weighted by molar-refractivity contribution is -0.154. The molecule has 5 rings (SSSR count). The maximum atomic E-state index is 13.5. The van der Waals surface area contributed by atoms with Crippen molar-refractivity contribution in [2.24, 2.45) is 0 Å². The van der Waals surface area contributed by atoms with Crippen LogP contribution in [0.3, 0.4) is 0 Å². The molecule has 3 heterocycles. The molecular weight excluding hydrogens is 422 g/mol. The summed E-state index contributed by atoms with van der Waals surface area (Å²) in [6.07, 6.45) is 3.69. The van der Waals surface area contributed by atoms with Crippen molar-refractivity contribution in [2.75, 3.05) is 20.2 Å². The van der Waals surface area contributed by atoms with Gasteiger partial charge in [0.25, 0.3) is 0 Å². The molecule has 2 aromatic carbocycles. The van der Waals surface area contributed by atoms with Crippen molar-refractivity contribution >= 4 is 33.4 Å². The molecule has 1 saturated heterocycles. The molecule has 2 atom stereocenters. The molecule has 166 valence electrons. The number of hydrogen-bond donors (Lipinski definition) is 0. The van der Waals surface area contributed by atoms with Gasteiger partial charge in [-0.05, 0) is 42.6 Å². The number of hydrogen-bond acceptors (Lipinski definition) is 6. The molecule has 2 aliphatic rings. The molecule has 0 N–H and O–H groups in total. The Bertz CT molecular complexity index is 1110. The van der Waals surface area contributed by atoms with Crippen LogP contribution in [-0.2, 0) is 27.3 Å². The van der Waals surface area contributed by atoms with Crippen LogP contribution < -0.4 is 0 Å². The zero-order valence-corrected chi connectivity index (χ0v) is 19.0. The van der Waals surface area contributed by atoms with E-state index >= 15 is 0 Å². The van der Waals surface area contributed by atoms with Gasteiger partial charge in [-0.2, -0.15) is 0 Å². The first-order valence-electron chi connectivity index (χ1n) is 11.2. The SMILES string of the molecule is COC(=O)C1Cc2ccccc2CN1C(=O)CN1CCCCC1c1nc2ccccc2s1. The Labute approximate surface area is 191 Å². The minimum absolute atomic E-state index is 0.0251. The lowest BCUT2D eigenvalue weighted by atomic mass is 9.93. The fourth-order valence-corrected chi connectivity index (χ4v) is 6.03. The first-order chi connectivity index (χ1) is 15.6. The van der Waals surface area contributed by atoms with E-state index in [9.17, 15) is 9.59 Å². The number of likely N-dealkylation sites (tertiary alicyclic amines) is 1. The van der Waals surface area contributed by atoms with Crippen LogP contribution >= 0.6 is 11.3 Å². The molecular formula is C25H27N3O3S. The van der Waals surface area contributed by atoms with E-state index in [1.807, 2.05) is 42.5 Å². The summed E-state index contributed by atoms with van der Waals surface area (Å²) < 4.78 is 6.22. The zero-order chi connectivity index (χ0) is 22.1. The van der Waals surface area contributed by atoms with Crippen LogP contribution in [0.4, 0.5) is 0 Å². The molecule has 1 fully saturated rings. The number of esters is 1. The summed E-state index contributed by atoms with van der Waals surface area (Å²) in [6, 6.07) is 15.8. The highest BCUT2D eigenvalue weighted by atomic mass is 32.1. The van der Waals surface area contributed by atoms with Gasteiger partial charge in [-0.1, -0.05) is 42.8 Å². The summed E-state index contributed by atoms with van der Waals surface area (Å²) in [5.74, 6) is -0.378. The van der Waals surface area contributed by atoms with Gasteiger partial charge in [0.05, 0.1) is 29.9 Å². The lowest BCUT2D eigenvalue weighted by Gasteiger charge is -2.39. The molecule has 0 aliphatic carbocycles. The van der Waals surface area contributed by atoms with Crippen LogP contribution in [-0.4, -0.2) is 52.9 Å². The Balaban J connectivity index is 1.38. The zero-order valence-electron chi connectivity index (χ0n) is 18.2. The van der Waals surface area contributed by atoms with Crippen molar-refractivity contribution in [2.45, 2.75) is 44.3 Å². The first-order valence-corrected chi connectivity index (χ1v) is 12.0. The number of fused-ring (bicyclic) bond motifs is 2. The monoisotopic (exact) mass is 449 g/mol. The standard InChI is InChI=1S/C25H27N3O3S/c1-31-25(30)21-14-17-8-2-3-9-18(17)15-28(21)23(29)16-27-13-7-6-11-20(27)24-26-19-10-4-5-12-22(19)32-24/h2-5,8-10,12,20-21H,6-7,11,13-16H2,1H3. The predicted molar refractivity (Wildman–Crippen MR) is 124 cm³/mol. The van der Waals surface area contributed by atoms with E-state index in [1.165, 1.54) is 11.8 Å². The van der Waals surface area contributed by atoms with E-state index in [2.05, 4.69) is 11.0 Å². The third kappa shape index (κ3) is 4.02. The molecule has 2 aliphatic heterocycles. The van der Waals surface area contributed by atoms with Crippen molar-refractivity contribution in [1.82, 2.24) is 14.8 Å². The summed E-state index contributed by atoms with van der Waals surface area (Å²) in [5.41, 5.74) is 3.22. The molecule has 0 radical (unpaired) electrons. The summed E-state index contributed by atoms with van der Waals surface area (Å²) in [6.45, 7) is 1.59. The Morgan fingerprint density at radius 3 is 2.69 bits per heavy atom. The second-order valence-electron chi connectivity index (χ2n) is 8.54. The Morgan fingerprint density at radius 2 is 1.88 bits per heavy atom. The van der Waals surface area contributed by atoms with Crippen molar-refractivity contribution in [3.8, 4) is 0 Å². The minimum Gasteiger partial charge on any atom is -0.467 e. The molecule has 2 unspecified atom stereocenters. The van der Waals surface area contributed by atoms with Crippen LogP contribution in [0.15, 0.2) is 48.5 Å². The van der Waals surface area contributed by atoms with Gasteiger partial charge in [0.15, 0.2) is 0 Å². The number of ether oxygens (including phenoxy) is 1. The number of methoxy groups -OCH3 is 1. The van der Waals surface area contributed by atoms with Crippen LogP contribution in [0.5, 0.6) is 0 Å². The van der Waals surface area contributed by atoms with Crippen LogP contribution in [0.1, 0.15) is 41.4 Å². The van der Waals surface area contributed by atoms with E-state index in [0.29, 0.717) is 13.0 Å². The number of rotatable bonds is 4. The van der Waals surface area contributed by atoms with Crippen molar-refractivity contribution < 1.29 is 14.3 Å². The highest BCUT2D eigenvalue weighted by Crippen LogP contribution is 2.36. The molecule has 3 aromatic rings. The largest absolute Gasteiger partial charge is 0.467 e. The van der Waals surface area contributed by atoms with E-state index in [-0.39, 0.29) is 24.5 Å². The van der Waals surface area contributed by atoms with Gasteiger partial charge >= 0.3 is 5.97 Å².